The first-order chi connectivity index (χ1) is 9.66. The Kier molecular flexibility index (Phi) is 2.91. The van der Waals surface area contributed by atoms with Crippen LogP contribution in [0.2, 0.25) is 0 Å². The third-order valence-electron chi connectivity index (χ3n) is 3.13. The van der Waals surface area contributed by atoms with Crippen molar-refractivity contribution in [2.45, 2.75) is 0 Å². The van der Waals surface area contributed by atoms with Crippen LogP contribution in [0.4, 0.5) is 4.39 Å². The molecule has 2 aromatic carbocycles. The van der Waals surface area contributed by atoms with Crippen molar-refractivity contribution in [2.24, 2.45) is 0 Å². The number of aromatic carboxylic acids is 1. The first kappa shape index (κ1) is 12.3. The highest BCUT2D eigenvalue weighted by Gasteiger charge is 2.15. The van der Waals surface area contributed by atoms with E-state index in [4.69, 9.17) is 0 Å². The zero-order chi connectivity index (χ0) is 14.1. The molecule has 0 atom stereocenters. The number of nitrogens with zero attached hydrogens (tertiary/aromatic N) is 1. The zero-order valence-electron chi connectivity index (χ0n) is 10.4. The quantitative estimate of drug-likeness (QED) is 0.769. The summed E-state index contributed by atoms with van der Waals surface area (Å²) in [6.07, 6.45) is 1.63. The molecule has 4 heteroatoms. The molecule has 20 heavy (non-hydrogen) atoms. The van der Waals surface area contributed by atoms with Gasteiger partial charge in [0.05, 0.1) is 11.1 Å². The molecule has 0 unspecified atom stereocenters. The number of carboxylic acids is 1. The number of halogens is 1. The lowest BCUT2D eigenvalue weighted by molar-refractivity contribution is 0.0697. The van der Waals surface area contributed by atoms with E-state index in [-0.39, 0.29) is 5.56 Å². The van der Waals surface area contributed by atoms with Gasteiger partial charge in [-0.05, 0) is 24.3 Å². The number of carbonyl (C=O) groups is 1. The molecule has 0 bridgehead atoms. The fraction of sp³-hybridized carbons (Fsp3) is 0. The van der Waals surface area contributed by atoms with Crippen LogP contribution >= 0.6 is 0 Å². The molecule has 0 aliphatic rings. The lowest BCUT2D eigenvalue weighted by atomic mass is 9.97. The molecule has 3 rings (SSSR count). The van der Waals surface area contributed by atoms with Crippen molar-refractivity contribution in [1.82, 2.24) is 4.98 Å². The summed E-state index contributed by atoms with van der Waals surface area (Å²) in [7, 11) is 0. The summed E-state index contributed by atoms with van der Waals surface area (Å²) in [5.41, 5.74) is 1.66. The Morgan fingerprint density at radius 1 is 1.05 bits per heavy atom. The second kappa shape index (κ2) is 4.74. The molecule has 0 saturated heterocycles. The van der Waals surface area contributed by atoms with E-state index >= 15 is 0 Å². The van der Waals surface area contributed by atoms with Crippen molar-refractivity contribution in [1.29, 1.82) is 0 Å². The molecule has 3 aromatic rings. The second-order valence-electron chi connectivity index (χ2n) is 4.38. The third-order valence-corrected chi connectivity index (χ3v) is 3.13. The summed E-state index contributed by atoms with van der Waals surface area (Å²) < 4.78 is 13.5. The smallest absolute Gasteiger partial charge is 0.336 e. The first-order valence-corrected chi connectivity index (χ1v) is 6.04. The summed E-state index contributed by atoms with van der Waals surface area (Å²) in [5, 5.41) is 10.1. The highest BCUT2D eigenvalue weighted by Crippen LogP contribution is 2.30. The molecule has 0 spiro atoms. The van der Waals surface area contributed by atoms with E-state index in [9.17, 15) is 14.3 Å². The van der Waals surface area contributed by atoms with Gasteiger partial charge in [-0.2, -0.15) is 0 Å². The van der Waals surface area contributed by atoms with Crippen molar-refractivity contribution >= 4 is 16.9 Å². The lowest BCUT2D eigenvalue weighted by Crippen LogP contribution is -2.00. The molecular weight excluding hydrogens is 257 g/mol. The highest BCUT2D eigenvalue weighted by atomic mass is 19.1. The molecule has 3 nitrogen and oxygen atoms in total. The number of fused-ring (bicyclic) bond motifs is 1. The molecule has 98 valence electrons. The molecule has 1 heterocycles. The number of aromatic nitrogens is 1. The number of para-hydroxylation sites is 1. The van der Waals surface area contributed by atoms with Crippen molar-refractivity contribution in [2.75, 3.05) is 0 Å². The minimum Gasteiger partial charge on any atom is -0.478 e. The summed E-state index contributed by atoms with van der Waals surface area (Å²) in [6, 6.07) is 12.8. The Hall–Kier alpha value is -2.75. The van der Waals surface area contributed by atoms with Gasteiger partial charge in [0.2, 0.25) is 0 Å². The number of benzene rings is 2. The maximum Gasteiger partial charge on any atom is 0.336 e. The van der Waals surface area contributed by atoms with Crippen LogP contribution in [0.15, 0.2) is 54.7 Å². The molecule has 1 aromatic heterocycles. The Balaban J connectivity index is 2.36. The Morgan fingerprint density at radius 3 is 2.65 bits per heavy atom. The average Bonchev–Trinajstić information content (AvgIpc) is 2.46. The predicted octanol–water partition coefficient (Wildman–Crippen LogP) is 3.74. The van der Waals surface area contributed by atoms with Crippen LogP contribution < -0.4 is 0 Å². The van der Waals surface area contributed by atoms with Gasteiger partial charge in [0.25, 0.3) is 0 Å². The van der Waals surface area contributed by atoms with E-state index in [2.05, 4.69) is 4.98 Å². The van der Waals surface area contributed by atoms with Crippen LogP contribution in [0.25, 0.3) is 22.0 Å². The Morgan fingerprint density at radius 2 is 1.85 bits per heavy atom. The van der Waals surface area contributed by atoms with Crippen LogP contribution in [0.5, 0.6) is 0 Å². The van der Waals surface area contributed by atoms with E-state index < -0.39 is 11.8 Å². The van der Waals surface area contributed by atoms with E-state index in [1.807, 2.05) is 12.1 Å². The number of rotatable bonds is 2. The topological polar surface area (TPSA) is 50.2 Å². The molecular formula is C16H10FNO2. The van der Waals surface area contributed by atoms with Crippen LogP contribution in [0.1, 0.15) is 10.4 Å². The maximum absolute atomic E-state index is 13.5. The largest absolute Gasteiger partial charge is 0.478 e. The standard InChI is InChI=1S/C16H10FNO2/c17-11-6-7-13(16(19)20)14(9-11)12-5-1-3-10-4-2-8-18-15(10)12/h1-9H,(H,19,20). The van der Waals surface area contributed by atoms with Gasteiger partial charge in [0.15, 0.2) is 0 Å². The number of hydrogen-bond donors (Lipinski definition) is 1. The molecule has 0 amide bonds. The summed E-state index contributed by atoms with van der Waals surface area (Å²) in [4.78, 5) is 15.6. The molecule has 0 aliphatic carbocycles. The van der Waals surface area contributed by atoms with E-state index in [1.165, 1.54) is 12.1 Å². The van der Waals surface area contributed by atoms with Gasteiger partial charge in [0.1, 0.15) is 5.82 Å². The fourth-order valence-corrected chi connectivity index (χ4v) is 2.25. The lowest BCUT2D eigenvalue weighted by Gasteiger charge is -2.09. The van der Waals surface area contributed by atoms with Gasteiger partial charge in [-0.15, -0.1) is 0 Å². The monoisotopic (exact) mass is 267 g/mol. The maximum atomic E-state index is 13.5. The average molecular weight is 267 g/mol. The molecule has 0 fully saturated rings. The molecule has 0 saturated carbocycles. The van der Waals surface area contributed by atoms with Crippen molar-refractivity contribution < 1.29 is 14.3 Å². The van der Waals surface area contributed by atoms with Crippen molar-refractivity contribution in [3.63, 3.8) is 0 Å². The van der Waals surface area contributed by atoms with Gasteiger partial charge in [-0.1, -0.05) is 24.3 Å². The number of hydrogen-bond acceptors (Lipinski definition) is 2. The van der Waals surface area contributed by atoms with Gasteiger partial charge in [-0.25, -0.2) is 9.18 Å². The fourth-order valence-electron chi connectivity index (χ4n) is 2.25. The predicted molar refractivity (Wildman–Crippen MR) is 74.1 cm³/mol. The summed E-state index contributed by atoms with van der Waals surface area (Å²) >= 11 is 0. The van der Waals surface area contributed by atoms with Crippen LogP contribution in [-0.4, -0.2) is 16.1 Å². The summed E-state index contributed by atoms with van der Waals surface area (Å²) in [6.45, 7) is 0. The van der Waals surface area contributed by atoms with Crippen LogP contribution in [0, 0.1) is 5.82 Å². The Bertz CT molecular complexity index is 809. The minimum atomic E-state index is -1.09. The van der Waals surface area contributed by atoms with Crippen LogP contribution in [-0.2, 0) is 0 Å². The number of pyridine rings is 1. The van der Waals surface area contributed by atoms with E-state index in [0.717, 1.165) is 11.5 Å². The third kappa shape index (κ3) is 2.01. The second-order valence-corrected chi connectivity index (χ2v) is 4.38. The first-order valence-electron chi connectivity index (χ1n) is 6.04. The van der Waals surface area contributed by atoms with Gasteiger partial charge in [-0.3, -0.25) is 4.98 Å². The van der Waals surface area contributed by atoms with E-state index in [0.29, 0.717) is 16.6 Å². The minimum absolute atomic E-state index is 0.0598. The molecule has 0 radical (unpaired) electrons. The zero-order valence-corrected chi connectivity index (χ0v) is 10.4. The molecule has 0 aliphatic heterocycles. The van der Waals surface area contributed by atoms with Gasteiger partial charge in [0, 0.05) is 22.7 Å². The summed E-state index contributed by atoms with van der Waals surface area (Å²) in [5.74, 6) is -1.56. The van der Waals surface area contributed by atoms with Gasteiger partial charge >= 0.3 is 5.97 Å². The van der Waals surface area contributed by atoms with Gasteiger partial charge < -0.3 is 5.11 Å². The van der Waals surface area contributed by atoms with E-state index in [1.54, 1.807) is 24.4 Å². The number of carboxylic acid groups (broad SMARTS) is 1. The Labute approximate surface area is 114 Å². The molecule has 1 N–H and O–H groups in total. The highest BCUT2D eigenvalue weighted by molar-refractivity contribution is 6.02. The normalized spacial score (nSPS) is 10.7. The SMILES string of the molecule is O=C(O)c1ccc(F)cc1-c1cccc2cccnc12. The van der Waals surface area contributed by atoms with Crippen molar-refractivity contribution in [3.8, 4) is 11.1 Å². The van der Waals surface area contributed by atoms with Crippen LogP contribution in [0.3, 0.4) is 0 Å². The van der Waals surface area contributed by atoms with Crippen molar-refractivity contribution in [3.05, 3.63) is 66.1 Å².